The molecule has 0 amide bonds. The van der Waals surface area contributed by atoms with E-state index >= 15 is 0 Å². The Morgan fingerprint density at radius 3 is 2.37 bits per heavy atom. The smallest absolute Gasteiger partial charge is 0.194 e. The zero-order valence-corrected chi connectivity index (χ0v) is 21.4. The van der Waals surface area contributed by atoms with Gasteiger partial charge < -0.3 is 14.9 Å². The summed E-state index contributed by atoms with van der Waals surface area (Å²) in [5, 5.41) is 37.2. The van der Waals surface area contributed by atoms with E-state index in [2.05, 4.69) is 25.5 Å². The summed E-state index contributed by atoms with van der Waals surface area (Å²) in [5.41, 5.74) is 3.10. The van der Waals surface area contributed by atoms with Gasteiger partial charge in [-0.2, -0.15) is 0 Å². The zero-order chi connectivity index (χ0) is 28.5. The SMILES string of the molecule is OCC1OC(c2nncn2-c2ccc(Cc3ccncc3)cc2)CC(n2cc(-c3cc(F)c(F)c(F)c3)nn2)C1O. The number of ether oxygens (including phenoxy) is 1. The predicted molar refractivity (Wildman–Crippen MR) is 138 cm³/mol. The van der Waals surface area contributed by atoms with Crippen molar-refractivity contribution >= 4 is 0 Å². The quantitative estimate of drug-likeness (QED) is 0.289. The van der Waals surface area contributed by atoms with E-state index in [-0.39, 0.29) is 17.7 Å². The van der Waals surface area contributed by atoms with Gasteiger partial charge in [-0.15, -0.1) is 15.3 Å². The van der Waals surface area contributed by atoms with Gasteiger partial charge in [0.25, 0.3) is 0 Å². The maximum atomic E-state index is 13.8. The Hall–Kier alpha value is -4.46. The van der Waals surface area contributed by atoms with Crippen LogP contribution in [-0.2, 0) is 11.2 Å². The lowest BCUT2D eigenvalue weighted by atomic mass is 9.95. The first-order valence-electron chi connectivity index (χ1n) is 12.8. The second-order valence-corrected chi connectivity index (χ2v) is 9.73. The molecule has 4 unspecified atom stereocenters. The third-order valence-corrected chi connectivity index (χ3v) is 7.11. The van der Waals surface area contributed by atoms with Crippen LogP contribution in [0.2, 0.25) is 0 Å². The summed E-state index contributed by atoms with van der Waals surface area (Å²) in [6, 6.07) is 12.7. The molecule has 1 aliphatic heterocycles. The summed E-state index contributed by atoms with van der Waals surface area (Å²) in [6.07, 6.45) is 4.50. The van der Waals surface area contributed by atoms with Crippen molar-refractivity contribution < 1.29 is 28.1 Å². The normalized spacial score (nSPS) is 20.8. The maximum absolute atomic E-state index is 13.8. The molecule has 2 N–H and O–H groups in total. The van der Waals surface area contributed by atoms with Crippen molar-refractivity contribution in [2.75, 3.05) is 6.61 Å². The second-order valence-electron chi connectivity index (χ2n) is 9.73. The van der Waals surface area contributed by atoms with Crippen LogP contribution in [0.5, 0.6) is 0 Å². The van der Waals surface area contributed by atoms with Crippen LogP contribution < -0.4 is 0 Å². The van der Waals surface area contributed by atoms with Crippen LogP contribution in [0.25, 0.3) is 16.9 Å². The van der Waals surface area contributed by atoms with Crippen molar-refractivity contribution in [3.8, 4) is 16.9 Å². The van der Waals surface area contributed by atoms with Gasteiger partial charge in [-0.1, -0.05) is 17.3 Å². The lowest BCUT2D eigenvalue weighted by molar-refractivity contribution is -0.161. The zero-order valence-electron chi connectivity index (χ0n) is 21.4. The van der Waals surface area contributed by atoms with Crippen LogP contribution in [0.4, 0.5) is 13.2 Å². The van der Waals surface area contributed by atoms with E-state index in [1.807, 2.05) is 36.4 Å². The van der Waals surface area contributed by atoms with Gasteiger partial charge in [-0.05, 0) is 53.9 Å². The molecule has 10 nitrogen and oxygen atoms in total. The molecule has 3 aromatic heterocycles. The molecule has 210 valence electrons. The van der Waals surface area contributed by atoms with Crippen LogP contribution in [0.15, 0.2) is 73.4 Å². The summed E-state index contributed by atoms with van der Waals surface area (Å²) in [6.45, 7) is -0.484. The molecule has 2 aromatic carbocycles. The first kappa shape index (κ1) is 26.7. The molecule has 0 radical (unpaired) electrons. The predicted octanol–water partition coefficient (Wildman–Crippen LogP) is 3.35. The molecule has 4 heterocycles. The van der Waals surface area contributed by atoms with Crippen LogP contribution in [0.3, 0.4) is 0 Å². The molecule has 0 bridgehead atoms. The van der Waals surface area contributed by atoms with Gasteiger partial charge in [0.05, 0.1) is 18.8 Å². The summed E-state index contributed by atoms with van der Waals surface area (Å²) in [5.74, 6) is -3.84. The van der Waals surface area contributed by atoms with E-state index in [0.717, 1.165) is 35.4 Å². The van der Waals surface area contributed by atoms with Gasteiger partial charge in [0.15, 0.2) is 23.3 Å². The number of rotatable bonds is 7. The van der Waals surface area contributed by atoms with Gasteiger partial charge >= 0.3 is 0 Å². The highest BCUT2D eigenvalue weighted by molar-refractivity contribution is 5.58. The van der Waals surface area contributed by atoms with Gasteiger partial charge in [-0.25, -0.2) is 17.9 Å². The number of aliphatic hydroxyl groups is 2. The van der Waals surface area contributed by atoms with Crippen LogP contribution in [0.1, 0.15) is 35.5 Å². The maximum Gasteiger partial charge on any atom is 0.194 e. The van der Waals surface area contributed by atoms with Gasteiger partial charge in [-0.3, -0.25) is 9.55 Å². The van der Waals surface area contributed by atoms with Crippen molar-refractivity contribution in [2.45, 2.75) is 37.2 Å². The van der Waals surface area contributed by atoms with E-state index in [1.165, 1.54) is 10.9 Å². The number of benzene rings is 2. The summed E-state index contributed by atoms with van der Waals surface area (Å²) in [4.78, 5) is 4.04. The van der Waals surface area contributed by atoms with Crippen molar-refractivity contribution in [3.63, 3.8) is 0 Å². The molecule has 1 aliphatic rings. The molecule has 1 saturated heterocycles. The molecule has 1 fully saturated rings. The molecule has 0 spiro atoms. The molecule has 41 heavy (non-hydrogen) atoms. The summed E-state index contributed by atoms with van der Waals surface area (Å²) >= 11 is 0. The molecule has 0 saturated carbocycles. The Labute approximate surface area is 231 Å². The first-order valence-corrected chi connectivity index (χ1v) is 12.8. The van der Waals surface area contributed by atoms with E-state index in [0.29, 0.717) is 5.82 Å². The lowest BCUT2D eigenvalue weighted by Gasteiger charge is -2.38. The number of halogens is 3. The molecule has 4 atom stereocenters. The lowest BCUT2D eigenvalue weighted by Crippen LogP contribution is -2.45. The van der Waals surface area contributed by atoms with Crippen molar-refractivity contribution in [3.05, 3.63) is 108 Å². The monoisotopic (exact) mass is 563 g/mol. The number of hydrogen-bond donors (Lipinski definition) is 2. The minimum atomic E-state index is -1.58. The first-order chi connectivity index (χ1) is 19.9. The van der Waals surface area contributed by atoms with E-state index in [1.54, 1.807) is 23.3 Å². The Balaban J connectivity index is 1.25. The standard InChI is InChI=1S/C28H24F3N7O3/c29-20-10-18(11-21(30)26(20)31)22-13-38(36-34-22)23-12-24(41-25(14-39)27(23)40)28-35-33-15-37(28)19-3-1-16(2-4-19)9-17-5-7-32-8-6-17/h1-8,10-11,13,15,23-25,27,39-40H,9,12,14H2. The topological polar surface area (TPSA) is 124 Å². The van der Waals surface area contributed by atoms with E-state index < -0.39 is 48.4 Å². The highest BCUT2D eigenvalue weighted by Crippen LogP contribution is 2.38. The minimum absolute atomic E-state index is 0.0171. The third-order valence-electron chi connectivity index (χ3n) is 7.11. The fourth-order valence-electron chi connectivity index (χ4n) is 4.98. The Morgan fingerprint density at radius 1 is 0.951 bits per heavy atom. The van der Waals surface area contributed by atoms with Gasteiger partial charge in [0.1, 0.15) is 30.3 Å². The third kappa shape index (κ3) is 5.34. The fourth-order valence-corrected chi connectivity index (χ4v) is 4.98. The van der Waals surface area contributed by atoms with E-state index in [9.17, 15) is 23.4 Å². The second kappa shape index (κ2) is 11.2. The highest BCUT2D eigenvalue weighted by atomic mass is 19.2. The number of hydrogen-bond acceptors (Lipinski definition) is 8. The fraction of sp³-hybridized carbons (Fsp3) is 0.250. The average Bonchev–Trinajstić information content (AvgIpc) is 3.68. The molecule has 6 rings (SSSR count). The summed E-state index contributed by atoms with van der Waals surface area (Å²) < 4.78 is 50.1. The van der Waals surface area contributed by atoms with Crippen LogP contribution in [-0.4, -0.2) is 63.8 Å². The number of aromatic nitrogens is 7. The Bertz CT molecular complexity index is 1620. The highest BCUT2D eigenvalue weighted by Gasteiger charge is 2.41. The van der Waals surface area contributed by atoms with Crippen LogP contribution >= 0.6 is 0 Å². The molecule has 5 aromatic rings. The largest absolute Gasteiger partial charge is 0.394 e. The van der Waals surface area contributed by atoms with Gasteiger partial charge in [0, 0.05) is 30.1 Å². The molecule has 0 aliphatic carbocycles. The van der Waals surface area contributed by atoms with E-state index in [4.69, 9.17) is 4.74 Å². The van der Waals surface area contributed by atoms with Crippen molar-refractivity contribution in [1.29, 1.82) is 0 Å². The number of nitrogens with zero attached hydrogens (tertiary/aromatic N) is 7. The molecular weight excluding hydrogens is 539 g/mol. The summed E-state index contributed by atoms with van der Waals surface area (Å²) in [7, 11) is 0. The minimum Gasteiger partial charge on any atom is -0.394 e. The van der Waals surface area contributed by atoms with Gasteiger partial charge in [0.2, 0.25) is 0 Å². The Morgan fingerprint density at radius 2 is 1.66 bits per heavy atom. The molecular formula is C28H24F3N7O3. The molecule has 13 heteroatoms. The van der Waals surface area contributed by atoms with Crippen LogP contribution in [0, 0.1) is 17.5 Å². The number of aliphatic hydroxyl groups excluding tert-OH is 2. The Kier molecular flexibility index (Phi) is 7.30. The van der Waals surface area contributed by atoms with Crippen molar-refractivity contribution in [2.24, 2.45) is 0 Å². The average molecular weight is 564 g/mol. The number of pyridine rings is 1. The van der Waals surface area contributed by atoms with Crippen molar-refractivity contribution in [1.82, 2.24) is 34.7 Å².